The normalized spacial score (nSPS) is 18.9. The molecule has 1 atom stereocenters. The van der Waals surface area contributed by atoms with Gasteiger partial charge in [0.05, 0.1) is 19.2 Å². The van der Waals surface area contributed by atoms with Crippen LogP contribution in [0.2, 0.25) is 0 Å². The van der Waals surface area contributed by atoms with Gasteiger partial charge in [0, 0.05) is 33.2 Å². The van der Waals surface area contributed by atoms with Crippen molar-refractivity contribution in [1.29, 1.82) is 0 Å². The second-order valence-corrected chi connectivity index (χ2v) is 6.50. The fourth-order valence-corrected chi connectivity index (χ4v) is 2.64. The minimum absolute atomic E-state index is 0.271. The Morgan fingerprint density at radius 1 is 1.38 bits per heavy atom. The Kier molecular flexibility index (Phi) is 7.74. The molecule has 1 heterocycles. The Morgan fingerprint density at radius 2 is 2.15 bits per heavy atom. The topological polar surface area (TPSA) is 62.8 Å². The van der Waals surface area contributed by atoms with Crippen LogP contribution in [-0.2, 0) is 16.1 Å². The number of nitrogens with one attached hydrogen (secondary N) is 2. The van der Waals surface area contributed by atoms with Crippen molar-refractivity contribution in [2.24, 2.45) is 0 Å². The third-order valence-corrected chi connectivity index (χ3v) is 4.21. The predicted octanol–water partition coefficient (Wildman–Crippen LogP) is 1.26. The number of nitrogens with zero attached hydrogens (tertiary/aromatic N) is 1. The minimum atomic E-state index is -2.81. The number of methoxy groups -OCH3 is 1. The molecule has 1 aliphatic heterocycles. The van der Waals surface area contributed by atoms with E-state index in [0.717, 1.165) is 18.7 Å². The van der Waals surface area contributed by atoms with Crippen LogP contribution in [0.25, 0.3) is 0 Å². The summed E-state index contributed by atoms with van der Waals surface area (Å²) in [4.78, 5) is 14.1. The molecule has 1 saturated heterocycles. The molecule has 146 valence electrons. The number of halogens is 2. The average molecular weight is 371 g/mol. The number of carbonyl (C=O) groups is 1. The van der Waals surface area contributed by atoms with Crippen molar-refractivity contribution in [1.82, 2.24) is 15.5 Å². The zero-order valence-electron chi connectivity index (χ0n) is 15.3. The Bertz CT molecular complexity index is 587. The molecular weight excluding hydrogens is 344 g/mol. The Balaban J connectivity index is 1.73. The minimum Gasteiger partial charge on any atom is -0.492 e. The number of amides is 1. The van der Waals surface area contributed by atoms with E-state index in [1.165, 1.54) is 0 Å². The van der Waals surface area contributed by atoms with Crippen LogP contribution in [0.1, 0.15) is 12.0 Å². The molecule has 0 bridgehead atoms. The van der Waals surface area contributed by atoms with Gasteiger partial charge in [0.25, 0.3) is 5.92 Å². The highest BCUT2D eigenvalue weighted by Crippen LogP contribution is 2.25. The first-order valence-electron chi connectivity index (χ1n) is 8.68. The van der Waals surface area contributed by atoms with Crippen LogP contribution >= 0.6 is 0 Å². The molecule has 1 aromatic carbocycles. The SMILES string of the molecule is COCCN(C)CCOc1cccc(CNC(=O)C2CC(F)(F)CN2)c1. The Hall–Kier alpha value is -1.77. The number of likely N-dealkylation sites (N-methyl/N-ethyl adjacent to an activating group) is 1. The van der Waals surface area contributed by atoms with E-state index in [4.69, 9.17) is 9.47 Å². The number of alkyl halides is 2. The maximum atomic E-state index is 13.1. The molecule has 0 saturated carbocycles. The molecule has 0 aromatic heterocycles. The largest absolute Gasteiger partial charge is 0.492 e. The van der Waals surface area contributed by atoms with Gasteiger partial charge in [-0.05, 0) is 24.7 Å². The molecule has 1 aliphatic rings. The van der Waals surface area contributed by atoms with Gasteiger partial charge in [0.2, 0.25) is 5.91 Å². The molecule has 1 fully saturated rings. The quantitative estimate of drug-likeness (QED) is 0.648. The van der Waals surface area contributed by atoms with Crippen LogP contribution in [0.5, 0.6) is 5.75 Å². The van der Waals surface area contributed by atoms with Crippen molar-refractivity contribution in [3.05, 3.63) is 29.8 Å². The van der Waals surface area contributed by atoms with Crippen LogP contribution in [0, 0.1) is 0 Å². The summed E-state index contributed by atoms with van der Waals surface area (Å²) < 4.78 is 37.0. The number of benzene rings is 1. The fraction of sp³-hybridized carbons (Fsp3) is 0.611. The molecule has 2 N–H and O–H groups in total. The van der Waals surface area contributed by atoms with E-state index in [2.05, 4.69) is 15.5 Å². The lowest BCUT2D eigenvalue weighted by Crippen LogP contribution is -2.40. The van der Waals surface area contributed by atoms with Crippen molar-refractivity contribution in [3.8, 4) is 5.75 Å². The van der Waals surface area contributed by atoms with Crippen molar-refractivity contribution in [2.45, 2.75) is 24.9 Å². The van der Waals surface area contributed by atoms with Crippen LogP contribution < -0.4 is 15.4 Å². The maximum absolute atomic E-state index is 13.1. The molecule has 8 heteroatoms. The lowest BCUT2D eigenvalue weighted by atomic mass is 10.1. The van der Waals surface area contributed by atoms with E-state index in [1.54, 1.807) is 7.11 Å². The Labute approximate surface area is 152 Å². The second kappa shape index (κ2) is 9.80. The number of hydrogen-bond donors (Lipinski definition) is 2. The molecule has 6 nitrogen and oxygen atoms in total. The van der Waals surface area contributed by atoms with Gasteiger partial charge in [0.15, 0.2) is 0 Å². The molecule has 0 aliphatic carbocycles. The molecule has 1 amide bonds. The van der Waals surface area contributed by atoms with Gasteiger partial charge < -0.3 is 19.7 Å². The van der Waals surface area contributed by atoms with Gasteiger partial charge in [-0.1, -0.05) is 12.1 Å². The van der Waals surface area contributed by atoms with E-state index < -0.39 is 30.8 Å². The summed E-state index contributed by atoms with van der Waals surface area (Å²) in [6.07, 6.45) is -0.460. The highest BCUT2D eigenvalue weighted by atomic mass is 19.3. The molecule has 2 rings (SSSR count). The van der Waals surface area contributed by atoms with Crippen molar-refractivity contribution in [3.63, 3.8) is 0 Å². The van der Waals surface area contributed by atoms with E-state index >= 15 is 0 Å². The van der Waals surface area contributed by atoms with Gasteiger partial charge in [-0.3, -0.25) is 10.1 Å². The number of hydrogen-bond acceptors (Lipinski definition) is 5. The van der Waals surface area contributed by atoms with Crippen molar-refractivity contribution < 1.29 is 23.0 Å². The van der Waals surface area contributed by atoms with Crippen molar-refractivity contribution in [2.75, 3.05) is 47.0 Å². The zero-order valence-corrected chi connectivity index (χ0v) is 15.3. The van der Waals surface area contributed by atoms with Crippen LogP contribution in [0.15, 0.2) is 24.3 Å². The van der Waals surface area contributed by atoms with Crippen LogP contribution in [0.3, 0.4) is 0 Å². The fourth-order valence-electron chi connectivity index (χ4n) is 2.64. The highest BCUT2D eigenvalue weighted by Gasteiger charge is 2.42. The van der Waals surface area contributed by atoms with Gasteiger partial charge >= 0.3 is 0 Å². The zero-order chi connectivity index (χ0) is 19.0. The van der Waals surface area contributed by atoms with E-state index in [0.29, 0.717) is 19.0 Å². The lowest BCUT2D eigenvalue weighted by molar-refractivity contribution is -0.123. The molecule has 26 heavy (non-hydrogen) atoms. The molecule has 1 aromatic rings. The van der Waals surface area contributed by atoms with Gasteiger partial charge in [-0.2, -0.15) is 0 Å². The average Bonchev–Trinajstić information content (AvgIpc) is 2.98. The summed E-state index contributed by atoms with van der Waals surface area (Å²) in [5.74, 6) is -2.51. The predicted molar refractivity (Wildman–Crippen MR) is 94.5 cm³/mol. The van der Waals surface area contributed by atoms with Gasteiger partial charge in [0.1, 0.15) is 12.4 Å². The highest BCUT2D eigenvalue weighted by molar-refractivity contribution is 5.82. The number of ether oxygens (including phenoxy) is 2. The standard InChI is InChI=1S/C18H27F2N3O3/c1-23(6-8-25-2)7-9-26-15-5-3-4-14(10-15)12-21-17(24)16-11-18(19,20)13-22-16/h3-5,10,16,22H,6-9,11-13H2,1-2H3,(H,21,24). The summed E-state index contributed by atoms with van der Waals surface area (Å²) in [6.45, 7) is 2.64. The smallest absolute Gasteiger partial charge is 0.262 e. The van der Waals surface area contributed by atoms with E-state index in [1.807, 2.05) is 31.3 Å². The first-order chi connectivity index (χ1) is 12.4. The van der Waals surface area contributed by atoms with Gasteiger partial charge in [-0.25, -0.2) is 8.78 Å². The summed E-state index contributed by atoms with van der Waals surface area (Å²) in [7, 11) is 3.66. The molecule has 0 radical (unpaired) electrons. The number of rotatable bonds is 10. The second-order valence-electron chi connectivity index (χ2n) is 6.50. The lowest BCUT2D eigenvalue weighted by Gasteiger charge is -2.16. The number of carbonyl (C=O) groups excluding carboxylic acids is 1. The monoisotopic (exact) mass is 371 g/mol. The first-order valence-corrected chi connectivity index (χ1v) is 8.68. The van der Waals surface area contributed by atoms with E-state index in [9.17, 15) is 13.6 Å². The summed E-state index contributed by atoms with van der Waals surface area (Å²) in [5.41, 5.74) is 0.855. The maximum Gasteiger partial charge on any atom is 0.262 e. The third kappa shape index (κ3) is 6.86. The Morgan fingerprint density at radius 3 is 2.85 bits per heavy atom. The van der Waals surface area contributed by atoms with Crippen LogP contribution in [-0.4, -0.2) is 69.8 Å². The summed E-state index contributed by atoms with van der Waals surface area (Å²) >= 11 is 0. The van der Waals surface area contributed by atoms with Crippen molar-refractivity contribution >= 4 is 5.91 Å². The molecule has 1 unspecified atom stereocenters. The summed E-state index contributed by atoms with van der Waals surface area (Å²) in [5, 5.41) is 5.24. The first kappa shape index (κ1) is 20.5. The summed E-state index contributed by atoms with van der Waals surface area (Å²) in [6, 6.07) is 6.54. The van der Waals surface area contributed by atoms with E-state index in [-0.39, 0.29) is 6.54 Å². The third-order valence-electron chi connectivity index (χ3n) is 4.21. The van der Waals surface area contributed by atoms with Gasteiger partial charge in [-0.15, -0.1) is 0 Å². The van der Waals surface area contributed by atoms with Crippen LogP contribution in [0.4, 0.5) is 8.78 Å². The molecule has 0 spiro atoms. The molecular formula is C18H27F2N3O3.